The Labute approximate surface area is 123 Å². The van der Waals surface area contributed by atoms with E-state index in [0.717, 1.165) is 10.0 Å². The van der Waals surface area contributed by atoms with E-state index in [4.69, 9.17) is 11.6 Å². The zero-order valence-electron chi connectivity index (χ0n) is 10.0. The van der Waals surface area contributed by atoms with Crippen LogP contribution in [0, 0.1) is 12.7 Å². The number of carbonyl (C=O) groups is 1. The molecule has 0 atom stereocenters. The van der Waals surface area contributed by atoms with Crippen LogP contribution in [-0.2, 0) is 0 Å². The van der Waals surface area contributed by atoms with Gasteiger partial charge in [-0.2, -0.15) is 0 Å². The predicted molar refractivity (Wildman–Crippen MR) is 78.2 cm³/mol. The van der Waals surface area contributed by atoms with Gasteiger partial charge in [0.15, 0.2) is 0 Å². The molecule has 0 bridgehead atoms. The molecule has 0 aliphatic carbocycles. The highest BCUT2D eigenvalue weighted by Crippen LogP contribution is 2.22. The van der Waals surface area contributed by atoms with Crippen LogP contribution in [0.5, 0.6) is 0 Å². The maximum Gasteiger partial charge on any atom is 0.255 e. The number of nitrogens with one attached hydrogen (secondary N) is 1. The molecule has 98 valence electrons. The van der Waals surface area contributed by atoms with E-state index < -0.39 is 5.82 Å². The van der Waals surface area contributed by atoms with Crippen LogP contribution in [0.2, 0.25) is 5.02 Å². The average Bonchev–Trinajstić information content (AvgIpc) is 2.37. The van der Waals surface area contributed by atoms with E-state index in [0.29, 0.717) is 11.3 Å². The Bertz CT molecular complexity index is 645. The summed E-state index contributed by atoms with van der Waals surface area (Å²) in [5.41, 5.74) is 2.04. The van der Waals surface area contributed by atoms with Crippen LogP contribution in [0.15, 0.2) is 40.9 Å². The van der Waals surface area contributed by atoms with Gasteiger partial charge in [0.05, 0.1) is 5.02 Å². The van der Waals surface area contributed by atoms with E-state index in [2.05, 4.69) is 21.2 Å². The molecule has 0 fully saturated rings. The first-order valence-corrected chi connectivity index (χ1v) is 6.67. The molecule has 0 saturated carbocycles. The lowest BCUT2D eigenvalue weighted by Gasteiger charge is -2.07. The summed E-state index contributed by atoms with van der Waals surface area (Å²) in [5.74, 6) is -0.881. The van der Waals surface area contributed by atoms with Gasteiger partial charge < -0.3 is 5.32 Å². The lowest BCUT2D eigenvalue weighted by atomic mass is 10.2. The van der Waals surface area contributed by atoms with E-state index in [1.54, 1.807) is 12.1 Å². The average molecular weight is 343 g/mol. The number of rotatable bonds is 2. The summed E-state index contributed by atoms with van der Waals surface area (Å²) in [7, 11) is 0. The van der Waals surface area contributed by atoms with Crippen LogP contribution in [0.4, 0.5) is 10.1 Å². The van der Waals surface area contributed by atoms with Gasteiger partial charge in [-0.15, -0.1) is 0 Å². The van der Waals surface area contributed by atoms with Gasteiger partial charge in [0.2, 0.25) is 0 Å². The third kappa shape index (κ3) is 3.33. The van der Waals surface area contributed by atoms with Crippen molar-refractivity contribution in [3.05, 3.63) is 62.8 Å². The molecule has 2 aromatic rings. The summed E-state index contributed by atoms with van der Waals surface area (Å²) in [6.45, 7) is 1.95. The summed E-state index contributed by atoms with van der Waals surface area (Å²) in [6, 6.07) is 9.34. The largest absolute Gasteiger partial charge is 0.322 e. The summed E-state index contributed by atoms with van der Waals surface area (Å²) in [4.78, 5) is 12.0. The first kappa shape index (κ1) is 14.0. The van der Waals surface area contributed by atoms with Crippen molar-refractivity contribution in [3.63, 3.8) is 0 Å². The predicted octanol–water partition coefficient (Wildman–Crippen LogP) is 4.80. The number of hydrogen-bond donors (Lipinski definition) is 1. The first-order chi connectivity index (χ1) is 8.97. The van der Waals surface area contributed by atoms with Crippen molar-refractivity contribution in [2.24, 2.45) is 0 Å². The monoisotopic (exact) mass is 341 g/mol. The van der Waals surface area contributed by atoms with E-state index in [9.17, 15) is 9.18 Å². The molecule has 1 N–H and O–H groups in total. The number of carbonyl (C=O) groups excluding carboxylic acids is 1. The van der Waals surface area contributed by atoms with Crippen LogP contribution in [0.1, 0.15) is 15.9 Å². The van der Waals surface area contributed by atoms with Gasteiger partial charge in [-0.05, 0) is 42.8 Å². The van der Waals surface area contributed by atoms with Gasteiger partial charge in [-0.3, -0.25) is 4.79 Å². The second kappa shape index (κ2) is 5.72. The zero-order chi connectivity index (χ0) is 14.0. The summed E-state index contributed by atoms with van der Waals surface area (Å²) in [6.07, 6.45) is 0. The number of anilines is 1. The Morgan fingerprint density at radius 1 is 1.26 bits per heavy atom. The van der Waals surface area contributed by atoms with Gasteiger partial charge in [0.1, 0.15) is 5.82 Å². The second-order valence-corrected chi connectivity index (χ2v) is 5.31. The fraction of sp³-hybridized carbons (Fsp3) is 0.0714. The lowest BCUT2D eigenvalue weighted by molar-refractivity contribution is 0.102. The minimum atomic E-state index is -0.545. The van der Waals surface area contributed by atoms with Crippen LogP contribution in [0.3, 0.4) is 0 Å². The van der Waals surface area contributed by atoms with Crippen molar-refractivity contribution in [1.82, 2.24) is 0 Å². The van der Waals surface area contributed by atoms with E-state index in [-0.39, 0.29) is 10.9 Å². The maximum absolute atomic E-state index is 13.0. The number of amides is 1. The van der Waals surface area contributed by atoms with Gasteiger partial charge in [-0.25, -0.2) is 4.39 Å². The Morgan fingerprint density at radius 2 is 2.00 bits per heavy atom. The number of benzene rings is 2. The molecule has 0 aliphatic rings. The summed E-state index contributed by atoms with van der Waals surface area (Å²) >= 11 is 9.04. The Kier molecular flexibility index (Phi) is 4.22. The fourth-order valence-electron chi connectivity index (χ4n) is 1.51. The standard InChI is InChI=1S/C14H10BrClFNO/c1-8-2-4-10(7-11(8)15)18-14(19)9-3-5-13(17)12(16)6-9/h2-7H,1H3,(H,18,19). The quantitative estimate of drug-likeness (QED) is 0.834. The maximum atomic E-state index is 13.0. The lowest BCUT2D eigenvalue weighted by Crippen LogP contribution is -2.12. The van der Waals surface area contributed by atoms with Crippen molar-refractivity contribution < 1.29 is 9.18 Å². The van der Waals surface area contributed by atoms with Crippen LogP contribution >= 0.6 is 27.5 Å². The van der Waals surface area contributed by atoms with Crippen molar-refractivity contribution in [2.45, 2.75) is 6.92 Å². The highest BCUT2D eigenvalue weighted by molar-refractivity contribution is 9.10. The van der Waals surface area contributed by atoms with Gasteiger partial charge in [0, 0.05) is 15.7 Å². The molecule has 0 spiro atoms. The summed E-state index contributed by atoms with van der Waals surface area (Å²) in [5, 5.41) is 2.65. The molecule has 0 aliphatic heterocycles. The molecular formula is C14H10BrClFNO. The Morgan fingerprint density at radius 3 is 2.63 bits per heavy atom. The van der Waals surface area contributed by atoms with Crippen molar-refractivity contribution >= 4 is 39.1 Å². The number of aryl methyl sites for hydroxylation is 1. The fourth-order valence-corrected chi connectivity index (χ4v) is 2.07. The van der Waals surface area contributed by atoms with Crippen molar-refractivity contribution in [1.29, 1.82) is 0 Å². The molecule has 2 rings (SSSR count). The molecule has 5 heteroatoms. The second-order valence-electron chi connectivity index (χ2n) is 4.05. The molecule has 0 unspecified atom stereocenters. The summed E-state index contributed by atoms with van der Waals surface area (Å²) < 4.78 is 13.9. The van der Waals surface area contributed by atoms with Crippen LogP contribution < -0.4 is 5.32 Å². The molecule has 19 heavy (non-hydrogen) atoms. The van der Waals surface area contributed by atoms with Crippen LogP contribution in [0.25, 0.3) is 0 Å². The topological polar surface area (TPSA) is 29.1 Å². The highest BCUT2D eigenvalue weighted by Gasteiger charge is 2.09. The molecule has 0 heterocycles. The first-order valence-electron chi connectivity index (χ1n) is 5.50. The third-order valence-electron chi connectivity index (χ3n) is 2.61. The molecule has 2 nitrogen and oxygen atoms in total. The molecule has 0 saturated heterocycles. The smallest absolute Gasteiger partial charge is 0.255 e. The Hall–Kier alpha value is -1.39. The van der Waals surface area contributed by atoms with Gasteiger partial charge in [-0.1, -0.05) is 33.6 Å². The Balaban J connectivity index is 2.20. The molecular weight excluding hydrogens is 333 g/mol. The molecule has 0 aromatic heterocycles. The van der Waals surface area contributed by atoms with Crippen molar-refractivity contribution in [3.8, 4) is 0 Å². The minimum Gasteiger partial charge on any atom is -0.322 e. The molecule has 2 aromatic carbocycles. The zero-order valence-corrected chi connectivity index (χ0v) is 12.3. The van der Waals surface area contributed by atoms with Gasteiger partial charge in [0.25, 0.3) is 5.91 Å². The van der Waals surface area contributed by atoms with Crippen molar-refractivity contribution in [2.75, 3.05) is 5.32 Å². The van der Waals surface area contributed by atoms with E-state index in [1.165, 1.54) is 18.2 Å². The van der Waals surface area contributed by atoms with Gasteiger partial charge >= 0.3 is 0 Å². The number of halogens is 3. The molecule has 0 radical (unpaired) electrons. The normalized spacial score (nSPS) is 10.3. The number of hydrogen-bond acceptors (Lipinski definition) is 1. The van der Waals surface area contributed by atoms with Crippen LogP contribution in [-0.4, -0.2) is 5.91 Å². The third-order valence-corrected chi connectivity index (χ3v) is 3.76. The van der Waals surface area contributed by atoms with E-state index in [1.807, 2.05) is 13.0 Å². The highest BCUT2D eigenvalue weighted by atomic mass is 79.9. The minimum absolute atomic E-state index is 0.0715. The van der Waals surface area contributed by atoms with E-state index >= 15 is 0 Å². The SMILES string of the molecule is Cc1ccc(NC(=O)c2ccc(F)c(Cl)c2)cc1Br. The molecule has 1 amide bonds.